The van der Waals surface area contributed by atoms with Crippen molar-refractivity contribution in [2.45, 2.75) is 6.54 Å². The molecule has 0 amide bonds. The zero-order valence-electron chi connectivity index (χ0n) is 10.9. The predicted octanol–water partition coefficient (Wildman–Crippen LogP) is 2.32. The van der Waals surface area contributed by atoms with Crippen LogP contribution in [-0.4, -0.2) is 25.3 Å². The Balaban J connectivity index is 1.83. The largest absolute Gasteiger partial charge is 0.507 e. The number of pyridine rings is 1. The summed E-state index contributed by atoms with van der Waals surface area (Å²) in [6, 6.07) is 7.53. The molecule has 1 aromatic carbocycles. The topological polar surface area (TPSA) is 86.7 Å². The monoisotopic (exact) mass is 285 g/mol. The normalized spacial score (nSPS) is 10.5. The van der Waals surface area contributed by atoms with Gasteiger partial charge < -0.3 is 10.4 Å². The van der Waals surface area contributed by atoms with Gasteiger partial charge in [-0.05, 0) is 18.2 Å². The highest BCUT2D eigenvalue weighted by Gasteiger charge is 2.09. The molecular formula is C14H12FN5O. The van der Waals surface area contributed by atoms with Gasteiger partial charge >= 0.3 is 0 Å². The van der Waals surface area contributed by atoms with Crippen LogP contribution in [0.25, 0.3) is 11.4 Å². The van der Waals surface area contributed by atoms with Gasteiger partial charge in [0, 0.05) is 24.4 Å². The molecule has 3 N–H and O–H groups in total. The first-order chi connectivity index (χ1) is 10.2. The highest BCUT2D eigenvalue weighted by molar-refractivity contribution is 5.69. The van der Waals surface area contributed by atoms with Crippen LogP contribution in [0.5, 0.6) is 5.75 Å². The number of nitrogens with one attached hydrogen (secondary N) is 2. The molecule has 0 radical (unpaired) electrons. The number of hydrogen-bond donors (Lipinski definition) is 3. The maximum absolute atomic E-state index is 12.9. The smallest absolute Gasteiger partial charge is 0.159 e. The summed E-state index contributed by atoms with van der Waals surface area (Å²) in [6.07, 6.45) is 3.06. The van der Waals surface area contributed by atoms with Crippen LogP contribution in [0.4, 0.5) is 10.2 Å². The van der Waals surface area contributed by atoms with Crippen molar-refractivity contribution in [2.75, 3.05) is 5.32 Å². The number of phenolic OH excluding ortho intramolecular Hbond substituents is 1. The van der Waals surface area contributed by atoms with Crippen molar-refractivity contribution in [1.82, 2.24) is 20.2 Å². The number of aromatic amines is 1. The highest BCUT2D eigenvalue weighted by atomic mass is 19.1. The Bertz CT molecular complexity index is 745. The van der Waals surface area contributed by atoms with Crippen LogP contribution in [0, 0.1) is 5.82 Å². The highest BCUT2D eigenvalue weighted by Crippen LogP contribution is 2.24. The minimum absolute atomic E-state index is 0.0975. The summed E-state index contributed by atoms with van der Waals surface area (Å²) in [5, 5.41) is 19.4. The fourth-order valence-electron chi connectivity index (χ4n) is 1.94. The van der Waals surface area contributed by atoms with Crippen LogP contribution in [0.2, 0.25) is 0 Å². The molecule has 0 saturated heterocycles. The Kier molecular flexibility index (Phi) is 3.46. The second kappa shape index (κ2) is 5.58. The summed E-state index contributed by atoms with van der Waals surface area (Å²) in [4.78, 5) is 8.33. The van der Waals surface area contributed by atoms with Crippen LogP contribution in [-0.2, 0) is 6.54 Å². The van der Waals surface area contributed by atoms with Crippen molar-refractivity contribution in [3.63, 3.8) is 0 Å². The molecule has 0 spiro atoms. The first-order valence-electron chi connectivity index (χ1n) is 6.26. The van der Waals surface area contributed by atoms with E-state index < -0.39 is 5.82 Å². The third kappa shape index (κ3) is 2.81. The SMILES string of the molecule is Oc1cc(F)ccc1CNc1ncccc1-c1ncn[nH]1. The van der Waals surface area contributed by atoms with E-state index in [0.717, 1.165) is 11.6 Å². The van der Waals surface area contributed by atoms with Gasteiger partial charge in [0.1, 0.15) is 23.7 Å². The average Bonchev–Trinajstić information content (AvgIpc) is 3.01. The molecule has 3 aromatic rings. The first-order valence-corrected chi connectivity index (χ1v) is 6.26. The van der Waals surface area contributed by atoms with E-state index in [1.807, 2.05) is 6.07 Å². The second-order valence-corrected chi connectivity index (χ2v) is 4.36. The number of halogens is 1. The van der Waals surface area contributed by atoms with E-state index in [2.05, 4.69) is 25.5 Å². The van der Waals surface area contributed by atoms with Crippen LogP contribution in [0.1, 0.15) is 5.56 Å². The standard InChI is InChI=1S/C14H12FN5O/c15-10-4-3-9(12(21)6-10)7-17-13-11(2-1-5-16-13)14-18-8-19-20-14/h1-6,8,21H,7H2,(H,16,17)(H,18,19,20). The maximum Gasteiger partial charge on any atom is 0.159 e. The molecule has 0 bridgehead atoms. The lowest BCUT2D eigenvalue weighted by atomic mass is 10.2. The van der Waals surface area contributed by atoms with Gasteiger partial charge in [-0.25, -0.2) is 14.4 Å². The van der Waals surface area contributed by atoms with Crippen LogP contribution < -0.4 is 5.32 Å². The van der Waals surface area contributed by atoms with Gasteiger partial charge in [0.15, 0.2) is 5.82 Å². The van der Waals surface area contributed by atoms with Crippen LogP contribution in [0.3, 0.4) is 0 Å². The molecule has 106 valence electrons. The molecular weight excluding hydrogens is 273 g/mol. The number of anilines is 1. The number of rotatable bonds is 4. The third-order valence-electron chi connectivity index (χ3n) is 2.97. The summed E-state index contributed by atoms with van der Waals surface area (Å²) < 4.78 is 12.9. The summed E-state index contributed by atoms with van der Waals surface area (Å²) in [5.41, 5.74) is 1.34. The Morgan fingerprint density at radius 2 is 2.14 bits per heavy atom. The minimum atomic E-state index is -0.476. The molecule has 0 aliphatic heterocycles. The quantitative estimate of drug-likeness (QED) is 0.685. The minimum Gasteiger partial charge on any atom is -0.507 e. The molecule has 21 heavy (non-hydrogen) atoms. The summed E-state index contributed by atoms with van der Waals surface area (Å²) in [7, 11) is 0. The fraction of sp³-hybridized carbons (Fsp3) is 0.0714. The van der Waals surface area contributed by atoms with E-state index in [1.165, 1.54) is 18.5 Å². The Morgan fingerprint density at radius 1 is 1.24 bits per heavy atom. The Morgan fingerprint density at radius 3 is 2.90 bits per heavy atom. The van der Waals surface area contributed by atoms with Gasteiger partial charge in [0.2, 0.25) is 0 Å². The predicted molar refractivity (Wildman–Crippen MR) is 75.0 cm³/mol. The number of nitrogens with zero attached hydrogens (tertiary/aromatic N) is 3. The van der Waals surface area contributed by atoms with E-state index >= 15 is 0 Å². The fourth-order valence-corrected chi connectivity index (χ4v) is 1.94. The van der Waals surface area contributed by atoms with Gasteiger partial charge in [-0.15, -0.1) is 0 Å². The van der Waals surface area contributed by atoms with Crippen molar-refractivity contribution in [3.05, 3.63) is 54.2 Å². The van der Waals surface area contributed by atoms with Crippen molar-refractivity contribution in [3.8, 4) is 17.1 Å². The van der Waals surface area contributed by atoms with Crippen molar-refractivity contribution in [2.24, 2.45) is 0 Å². The first kappa shape index (κ1) is 13.0. The molecule has 2 aromatic heterocycles. The molecule has 0 saturated carbocycles. The van der Waals surface area contributed by atoms with Gasteiger partial charge in [-0.2, -0.15) is 5.10 Å². The van der Waals surface area contributed by atoms with E-state index in [4.69, 9.17) is 0 Å². The van der Waals surface area contributed by atoms with Gasteiger partial charge in [-0.3, -0.25) is 5.10 Å². The second-order valence-electron chi connectivity index (χ2n) is 4.36. The lowest BCUT2D eigenvalue weighted by molar-refractivity contribution is 0.463. The zero-order valence-corrected chi connectivity index (χ0v) is 10.9. The number of hydrogen-bond acceptors (Lipinski definition) is 5. The van der Waals surface area contributed by atoms with Gasteiger partial charge in [-0.1, -0.05) is 6.07 Å². The van der Waals surface area contributed by atoms with Gasteiger partial charge in [0.05, 0.1) is 5.56 Å². The van der Waals surface area contributed by atoms with Crippen molar-refractivity contribution < 1.29 is 9.50 Å². The zero-order chi connectivity index (χ0) is 14.7. The number of aromatic hydroxyl groups is 1. The van der Waals surface area contributed by atoms with E-state index in [-0.39, 0.29) is 5.75 Å². The lowest BCUT2D eigenvalue weighted by Crippen LogP contribution is -2.03. The molecule has 3 rings (SSSR count). The third-order valence-corrected chi connectivity index (χ3v) is 2.97. The summed E-state index contributed by atoms with van der Waals surface area (Å²) in [5.74, 6) is 0.614. The van der Waals surface area contributed by atoms with Crippen LogP contribution >= 0.6 is 0 Å². The number of aromatic nitrogens is 4. The molecule has 2 heterocycles. The number of H-pyrrole nitrogens is 1. The maximum atomic E-state index is 12.9. The number of benzene rings is 1. The van der Waals surface area contributed by atoms with Crippen molar-refractivity contribution in [1.29, 1.82) is 0 Å². The molecule has 0 aliphatic carbocycles. The molecule has 0 atom stereocenters. The number of phenols is 1. The van der Waals surface area contributed by atoms with E-state index in [0.29, 0.717) is 23.8 Å². The van der Waals surface area contributed by atoms with Gasteiger partial charge in [0.25, 0.3) is 0 Å². The Hall–Kier alpha value is -2.96. The van der Waals surface area contributed by atoms with E-state index in [1.54, 1.807) is 12.3 Å². The lowest BCUT2D eigenvalue weighted by Gasteiger charge is -2.10. The van der Waals surface area contributed by atoms with Crippen molar-refractivity contribution >= 4 is 5.82 Å². The van der Waals surface area contributed by atoms with E-state index in [9.17, 15) is 9.50 Å². The summed E-state index contributed by atoms with van der Waals surface area (Å²) in [6.45, 7) is 0.310. The molecule has 0 aliphatic rings. The molecule has 6 nitrogen and oxygen atoms in total. The molecule has 7 heteroatoms. The summed E-state index contributed by atoms with van der Waals surface area (Å²) >= 11 is 0. The Labute approximate surface area is 119 Å². The van der Waals surface area contributed by atoms with Crippen LogP contribution in [0.15, 0.2) is 42.9 Å². The molecule has 0 fully saturated rings. The average molecular weight is 285 g/mol. The molecule has 0 unspecified atom stereocenters.